The van der Waals surface area contributed by atoms with E-state index in [1.165, 1.54) is 0 Å². The van der Waals surface area contributed by atoms with Crippen LogP contribution in [0, 0.1) is 34.5 Å². The zero-order valence-corrected chi connectivity index (χ0v) is 37.1. The number of nitrogens with zero attached hydrogens (tertiary/aromatic N) is 2. The number of nitriles is 2. The largest absolute Gasteiger partial charge is 0.390 e. The molecule has 0 bridgehead atoms. The summed E-state index contributed by atoms with van der Waals surface area (Å²) in [7, 11) is 5.32. The molecule has 0 saturated carbocycles. The second-order valence-electron chi connectivity index (χ2n) is 11.0. The van der Waals surface area contributed by atoms with E-state index in [9.17, 15) is 5.11 Å². The number of aliphatic hydroxyl groups excluding tert-OH is 1. The minimum atomic E-state index is -0.474. The zero-order chi connectivity index (χ0) is 29.5. The molecular formula is C26H50N2O8P2Y3. The van der Waals surface area contributed by atoms with Gasteiger partial charge in [-0.25, -0.2) is 0 Å². The van der Waals surface area contributed by atoms with Crippen molar-refractivity contribution in [3.8, 4) is 12.1 Å². The first kappa shape index (κ1) is 50.7. The summed E-state index contributed by atoms with van der Waals surface area (Å²) in [6.45, 7) is 16.6. The van der Waals surface area contributed by atoms with Crippen LogP contribution in [-0.4, -0.2) is 80.4 Å². The molecule has 1 N–H and O–H groups in total. The molecule has 2 rings (SSSR count). The summed E-state index contributed by atoms with van der Waals surface area (Å²) in [5.74, 6) is 0.519. The molecule has 10 nitrogen and oxygen atoms in total. The predicted octanol–water partition coefficient (Wildman–Crippen LogP) is 4.55. The second kappa shape index (κ2) is 26.9. The van der Waals surface area contributed by atoms with E-state index in [2.05, 4.69) is 22.5 Å². The third-order valence-electron chi connectivity index (χ3n) is 6.56. The van der Waals surface area contributed by atoms with Crippen LogP contribution in [0.4, 0.5) is 0 Å². The number of aliphatic hydroxyl groups is 1. The molecule has 2 saturated heterocycles. The van der Waals surface area contributed by atoms with Crippen molar-refractivity contribution >= 4 is 18.5 Å². The van der Waals surface area contributed by atoms with Gasteiger partial charge in [-0.2, -0.15) is 10.5 Å². The van der Waals surface area contributed by atoms with Gasteiger partial charge in [0, 0.05) is 134 Å². The van der Waals surface area contributed by atoms with Crippen molar-refractivity contribution in [2.24, 2.45) is 11.8 Å². The van der Waals surface area contributed by atoms with Gasteiger partial charge in [0.05, 0.1) is 73.8 Å². The molecule has 2 heterocycles. The van der Waals surface area contributed by atoms with Crippen molar-refractivity contribution in [2.45, 2.75) is 116 Å². The van der Waals surface area contributed by atoms with Crippen molar-refractivity contribution in [2.75, 3.05) is 27.4 Å². The Morgan fingerprint density at radius 3 is 1.63 bits per heavy atom. The maximum Gasteiger partial charge on any atom is 0.155 e. The Bertz CT molecular complexity index is 747. The molecule has 10 unspecified atom stereocenters. The molecule has 231 valence electrons. The molecule has 2 aliphatic heterocycles. The SMILES string of the molecule is CC(C)(CC#N)OP.COCC1OC(C)C(C)C1O.COCC1OC(C)C(C)C1OPOC(C)(C)CC#N.[Y].[Y].[Y]. The fourth-order valence-corrected chi connectivity index (χ4v) is 4.52. The van der Waals surface area contributed by atoms with Gasteiger partial charge in [0.2, 0.25) is 0 Å². The first-order valence-electron chi connectivity index (χ1n) is 12.9. The molecule has 0 amide bonds. The first-order valence-corrected chi connectivity index (χ1v) is 14.2. The van der Waals surface area contributed by atoms with Crippen LogP contribution in [-0.2, 0) is 131 Å². The van der Waals surface area contributed by atoms with E-state index in [0.717, 1.165) is 0 Å². The van der Waals surface area contributed by atoms with Gasteiger partial charge in [0.25, 0.3) is 0 Å². The van der Waals surface area contributed by atoms with Gasteiger partial charge in [-0.3, -0.25) is 0 Å². The normalized spacial score (nSPS) is 28.9. The minimum Gasteiger partial charge on any atom is -0.390 e. The van der Waals surface area contributed by atoms with Crippen molar-refractivity contribution in [3.05, 3.63) is 0 Å². The summed E-state index contributed by atoms with van der Waals surface area (Å²) in [5, 5.41) is 26.4. The van der Waals surface area contributed by atoms with Crippen molar-refractivity contribution in [1.82, 2.24) is 0 Å². The summed E-state index contributed by atoms with van der Waals surface area (Å²) in [6.07, 6.45) is 0.493. The fraction of sp³-hybridized carbons (Fsp3) is 0.923. The average Bonchev–Trinajstić information content (AvgIpc) is 3.24. The number of ether oxygens (including phenoxy) is 4. The summed E-state index contributed by atoms with van der Waals surface area (Å²) < 4.78 is 37.6. The Hall–Kier alpha value is 2.83. The van der Waals surface area contributed by atoms with E-state index in [0.29, 0.717) is 32.0 Å². The van der Waals surface area contributed by atoms with Gasteiger partial charge in [0.1, 0.15) is 12.2 Å². The summed E-state index contributed by atoms with van der Waals surface area (Å²) in [4.78, 5) is 0. The fourth-order valence-electron chi connectivity index (χ4n) is 3.61. The molecule has 10 atom stereocenters. The Labute approximate surface area is 328 Å². The Morgan fingerprint density at radius 2 is 1.24 bits per heavy atom. The van der Waals surface area contributed by atoms with Gasteiger partial charge in [-0.1, -0.05) is 13.8 Å². The van der Waals surface area contributed by atoms with Crippen molar-refractivity contribution < 1.29 is 136 Å². The third-order valence-corrected chi connectivity index (χ3v) is 8.20. The first-order chi connectivity index (χ1) is 17.7. The monoisotopic (exact) mass is 847 g/mol. The molecule has 0 aromatic carbocycles. The van der Waals surface area contributed by atoms with E-state index in [4.69, 9.17) is 43.0 Å². The van der Waals surface area contributed by atoms with Gasteiger partial charge in [-0.05, 0) is 41.5 Å². The molecular weight excluding hydrogens is 797 g/mol. The maximum atomic E-state index is 9.55. The predicted molar refractivity (Wildman–Crippen MR) is 150 cm³/mol. The number of methoxy groups -OCH3 is 2. The van der Waals surface area contributed by atoms with E-state index in [1.54, 1.807) is 14.2 Å². The quantitative estimate of drug-likeness (QED) is 0.296. The van der Waals surface area contributed by atoms with Crippen LogP contribution in [0.25, 0.3) is 0 Å². The number of rotatable bonds is 11. The zero-order valence-electron chi connectivity index (χ0n) is 26.5. The molecule has 2 aliphatic rings. The van der Waals surface area contributed by atoms with E-state index in [-0.39, 0.29) is 155 Å². The summed E-state index contributed by atoms with van der Waals surface area (Å²) in [5.41, 5.74) is -0.780. The molecule has 0 aromatic heterocycles. The Kier molecular flexibility index (Phi) is 33.2. The van der Waals surface area contributed by atoms with E-state index >= 15 is 0 Å². The standard InChI is InChI=1S/C13H24NO4P.C8H16O3.C5H10NOP.3Y/c1-9-10(2)16-11(8-15-5)12(9)17-19-18-13(3,4)6-7-14;1-5-6(2)11-7(4-10-3)8(5)9;1-5(2,7-8)3-4-6;;;/h9-12,19H,6,8H2,1-5H3;5-9H,4H2,1-3H3;3,8H2,1-2H3;;;. The smallest absolute Gasteiger partial charge is 0.155 e. The number of hydrogen-bond acceptors (Lipinski definition) is 10. The van der Waals surface area contributed by atoms with E-state index in [1.807, 2.05) is 54.5 Å². The van der Waals surface area contributed by atoms with Gasteiger partial charge >= 0.3 is 0 Å². The second-order valence-corrected chi connectivity index (χ2v) is 11.8. The van der Waals surface area contributed by atoms with Gasteiger partial charge < -0.3 is 37.6 Å². The summed E-state index contributed by atoms with van der Waals surface area (Å²) in [6, 6.07) is 4.13. The van der Waals surface area contributed by atoms with Gasteiger partial charge in [-0.15, -0.1) is 0 Å². The van der Waals surface area contributed by atoms with Crippen LogP contribution < -0.4 is 0 Å². The molecule has 41 heavy (non-hydrogen) atoms. The molecule has 0 aromatic rings. The van der Waals surface area contributed by atoms with E-state index < -0.39 is 5.60 Å². The average molecular weight is 847 g/mol. The Morgan fingerprint density at radius 1 is 0.805 bits per heavy atom. The topological polar surface area (TPSA) is 132 Å². The summed E-state index contributed by atoms with van der Waals surface area (Å²) >= 11 is 0. The molecule has 0 aliphatic carbocycles. The van der Waals surface area contributed by atoms with Crippen LogP contribution >= 0.6 is 18.5 Å². The molecule has 15 heteroatoms. The van der Waals surface area contributed by atoms with Gasteiger partial charge in [0.15, 0.2) is 9.03 Å². The molecule has 2 fully saturated rings. The number of hydrogen-bond donors (Lipinski definition) is 1. The van der Waals surface area contributed by atoms with Crippen LogP contribution in [0.15, 0.2) is 0 Å². The third kappa shape index (κ3) is 20.6. The van der Waals surface area contributed by atoms with Crippen molar-refractivity contribution in [1.29, 1.82) is 10.5 Å². The Balaban J connectivity index is -0.000000267. The molecule has 0 spiro atoms. The van der Waals surface area contributed by atoms with Crippen LogP contribution in [0.5, 0.6) is 0 Å². The maximum absolute atomic E-state index is 9.55. The van der Waals surface area contributed by atoms with Crippen molar-refractivity contribution in [3.63, 3.8) is 0 Å². The van der Waals surface area contributed by atoms with Crippen LogP contribution in [0.3, 0.4) is 0 Å². The van der Waals surface area contributed by atoms with Crippen LogP contribution in [0.2, 0.25) is 0 Å². The molecule has 3 radical (unpaired) electrons. The minimum absolute atomic E-state index is 0. The van der Waals surface area contributed by atoms with Crippen LogP contribution in [0.1, 0.15) is 68.2 Å².